The number of nitrogens with two attached hydrogens (primary N) is 1. The minimum absolute atomic E-state index is 0.0325. The zero-order valence-corrected chi connectivity index (χ0v) is 18.2. The van der Waals surface area contributed by atoms with Gasteiger partial charge in [-0.3, -0.25) is 19.6 Å². The molecular formula is C22H28N4O7. The van der Waals surface area contributed by atoms with Gasteiger partial charge in [0.25, 0.3) is 5.91 Å². The largest absolute Gasteiger partial charge is 0.478 e. The number of furan rings is 1. The number of aromatic carboxylic acids is 1. The zero-order valence-electron chi connectivity index (χ0n) is 18.2. The summed E-state index contributed by atoms with van der Waals surface area (Å²) in [6.07, 6.45) is 3.35. The van der Waals surface area contributed by atoms with Gasteiger partial charge in [-0.1, -0.05) is 26.2 Å². The first-order chi connectivity index (χ1) is 15.8. The first-order valence-corrected chi connectivity index (χ1v) is 10.5. The van der Waals surface area contributed by atoms with Gasteiger partial charge in [-0.2, -0.15) is 0 Å². The van der Waals surface area contributed by atoms with Gasteiger partial charge in [0.05, 0.1) is 24.7 Å². The van der Waals surface area contributed by atoms with Gasteiger partial charge in [-0.05, 0) is 36.8 Å². The van der Waals surface area contributed by atoms with Crippen LogP contribution in [-0.2, 0) is 9.59 Å². The van der Waals surface area contributed by atoms with Crippen LogP contribution in [0.1, 0.15) is 53.5 Å². The van der Waals surface area contributed by atoms with E-state index in [0.717, 1.165) is 19.3 Å². The third-order valence-corrected chi connectivity index (χ3v) is 4.97. The number of benzene rings is 1. The Labute approximate surface area is 190 Å². The maximum atomic E-state index is 12.4. The van der Waals surface area contributed by atoms with Gasteiger partial charge in [-0.15, -0.1) is 0 Å². The Hall–Kier alpha value is -3.86. The number of carbonyl (C=O) groups is 4. The molecule has 178 valence electrons. The normalized spacial score (nSPS) is 11.5. The van der Waals surface area contributed by atoms with E-state index in [1.807, 2.05) is 6.92 Å². The molecule has 0 radical (unpaired) electrons. The lowest BCUT2D eigenvalue weighted by Crippen LogP contribution is -2.42. The molecule has 0 bridgehead atoms. The zero-order chi connectivity index (χ0) is 24.4. The van der Waals surface area contributed by atoms with Crippen molar-refractivity contribution in [1.82, 2.24) is 15.7 Å². The van der Waals surface area contributed by atoms with Crippen molar-refractivity contribution in [3.8, 4) is 11.3 Å². The van der Waals surface area contributed by atoms with Crippen LogP contribution in [0, 0.1) is 5.92 Å². The minimum atomic E-state index is -1.18. The molecule has 0 saturated carbocycles. The van der Waals surface area contributed by atoms with Crippen LogP contribution >= 0.6 is 0 Å². The third kappa shape index (κ3) is 7.35. The number of nitrogens with zero attached hydrogens (tertiary/aromatic N) is 1. The number of hydrogen-bond acceptors (Lipinski definition) is 7. The fraction of sp³-hybridized carbons (Fsp3) is 0.364. The summed E-state index contributed by atoms with van der Waals surface area (Å²) in [5.41, 5.74) is 6.11. The van der Waals surface area contributed by atoms with Gasteiger partial charge in [0.15, 0.2) is 5.76 Å². The predicted octanol–water partition coefficient (Wildman–Crippen LogP) is 2.07. The summed E-state index contributed by atoms with van der Waals surface area (Å²) in [5, 5.41) is 24.1. The van der Waals surface area contributed by atoms with Gasteiger partial charge in [-0.25, -0.2) is 9.86 Å². The standard InChI is InChI=1S/C22H28N4O7/c1-2-3-4-5-15(11-26(32)13-27)20(28)24-12-25-21(29)19-9-8-18(33-19)14-6-7-17(23)16(10-14)22(30)31/h6-10,13,15,32H,2-5,11-12,23H2,1H3,(H,24,28)(H,25,29)(H,30,31)/t15-/m1/s1. The highest BCUT2D eigenvalue weighted by Gasteiger charge is 2.21. The van der Waals surface area contributed by atoms with Crippen LogP contribution in [0.5, 0.6) is 0 Å². The van der Waals surface area contributed by atoms with Gasteiger partial charge >= 0.3 is 5.97 Å². The first kappa shape index (κ1) is 25.4. The molecule has 0 fully saturated rings. The summed E-state index contributed by atoms with van der Waals surface area (Å²) in [6.45, 7) is 1.69. The van der Waals surface area contributed by atoms with Crippen molar-refractivity contribution >= 4 is 29.9 Å². The van der Waals surface area contributed by atoms with E-state index in [9.17, 15) is 29.5 Å². The van der Waals surface area contributed by atoms with Crippen molar-refractivity contribution in [3.05, 3.63) is 41.7 Å². The molecule has 0 aliphatic carbocycles. The van der Waals surface area contributed by atoms with Crippen molar-refractivity contribution in [1.29, 1.82) is 0 Å². The Morgan fingerprint density at radius 3 is 2.61 bits per heavy atom. The summed E-state index contributed by atoms with van der Waals surface area (Å²) in [5.74, 6) is -2.55. The Balaban J connectivity index is 1.94. The molecule has 11 heteroatoms. The van der Waals surface area contributed by atoms with Gasteiger partial charge < -0.3 is 25.9 Å². The second kappa shape index (κ2) is 12.2. The average Bonchev–Trinajstić information content (AvgIpc) is 3.28. The SMILES string of the molecule is CCCCC[C@H](CN(O)C=O)C(=O)NCNC(=O)c1ccc(-c2ccc(N)c(C(=O)O)c2)o1. The number of carboxylic acid groups (broad SMARTS) is 1. The number of nitrogens with one attached hydrogen (secondary N) is 2. The van der Waals surface area contributed by atoms with Crippen LogP contribution in [-0.4, -0.2) is 52.8 Å². The summed E-state index contributed by atoms with van der Waals surface area (Å²) in [7, 11) is 0. The number of carbonyl (C=O) groups excluding carboxylic acids is 3. The van der Waals surface area contributed by atoms with E-state index in [0.29, 0.717) is 17.0 Å². The summed E-state index contributed by atoms with van der Waals surface area (Å²) in [4.78, 5) is 46.7. The van der Waals surface area contributed by atoms with Crippen LogP contribution in [0.3, 0.4) is 0 Å². The molecule has 1 atom stereocenters. The van der Waals surface area contributed by atoms with E-state index in [4.69, 9.17) is 10.2 Å². The molecule has 1 heterocycles. The molecule has 2 rings (SSSR count). The second-order valence-electron chi connectivity index (χ2n) is 7.41. The molecule has 33 heavy (non-hydrogen) atoms. The van der Waals surface area contributed by atoms with Gasteiger partial charge in [0, 0.05) is 11.3 Å². The monoisotopic (exact) mass is 460 g/mol. The number of amides is 3. The number of hydrogen-bond donors (Lipinski definition) is 5. The summed E-state index contributed by atoms with van der Waals surface area (Å²) in [6, 6.07) is 7.30. The van der Waals surface area contributed by atoms with Crippen molar-refractivity contribution in [2.24, 2.45) is 5.92 Å². The lowest BCUT2D eigenvalue weighted by molar-refractivity contribution is -0.154. The molecule has 1 aromatic heterocycles. The van der Waals surface area contributed by atoms with E-state index in [-0.39, 0.29) is 42.4 Å². The number of rotatable bonds is 13. The van der Waals surface area contributed by atoms with Crippen LogP contribution in [0.4, 0.5) is 5.69 Å². The smallest absolute Gasteiger partial charge is 0.337 e. The van der Waals surface area contributed by atoms with Crippen molar-refractivity contribution < 1.29 is 33.9 Å². The van der Waals surface area contributed by atoms with Crippen LogP contribution in [0.15, 0.2) is 34.7 Å². The number of carboxylic acids is 1. The fourth-order valence-corrected chi connectivity index (χ4v) is 3.17. The number of anilines is 1. The molecule has 0 aliphatic rings. The topological polar surface area (TPSA) is 175 Å². The molecule has 6 N–H and O–H groups in total. The number of nitrogen functional groups attached to an aromatic ring is 1. The van der Waals surface area contributed by atoms with Crippen LogP contribution < -0.4 is 16.4 Å². The van der Waals surface area contributed by atoms with E-state index >= 15 is 0 Å². The highest BCUT2D eigenvalue weighted by molar-refractivity contribution is 5.95. The Morgan fingerprint density at radius 1 is 1.18 bits per heavy atom. The average molecular weight is 460 g/mol. The maximum Gasteiger partial charge on any atom is 0.337 e. The lowest BCUT2D eigenvalue weighted by Gasteiger charge is -2.19. The Morgan fingerprint density at radius 2 is 1.94 bits per heavy atom. The van der Waals surface area contributed by atoms with E-state index < -0.39 is 23.7 Å². The quantitative estimate of drug-likeness (QED) is 0.0753. The molecule has 0 unspecified atom stereocenters. The predicted molar refractivity (Wildman–Crippen MR) is 118 cm³/mol. The molecule has 1 aromatic carbocycles. The summed E-state index contributed by atoms with van der Waals surface area (Å²) >= 11 is 0. The van der Waals surface area contributed by atoms with Crippen molar-refractivity contribution in [2.75, 3.05) is 18.9 Å². The van der Waals surface area contributed by atoms with Crippen LogP contribution in [0.2, 0.25) is 0 Å². The lowest BCUT2D eigenvalue weighted by atomic mass is 10.0. The minimum Gasteiger partial charge on any atom is -0.478 e. The fourth-order valence-electron chi connectivity index (χ4n) is 3.17. The Bertz CT molecular complexity index is 989. The van der Waals surface area contributed by atoms with Crippen LogP contribution in [0.25, 0.3) is 11.3 Å². The molecule has 0 saturated heterocycles. The van der Waals surface area contributed by atoms with E-state index in [1.165, 1.54) is 24.3 Å². The van der Waals surface area contributed by atoms with E-state index in [2.05, 4.69) is 10.6 Å². The highest BCUT2D eigenvalue weighted by atomic mass is 16.5. The molecule has 0 spiro atoms. The molecule has 3 amide bonds. The highest BCUT2D eigenvalue weighted by Crippen LogP contribution is 2.26. The number of unbranched alkanes of at least 4 members (excludes halogenated alkanes) is 2. The van der Waals surface area contributed by atoms with Crippen molar-refractivity contribution in [2.45, 2.75) is 32.6 Å². The number of hydroxylamine groups is 2. The maximum absolute atomic E-state index is 12.4. The van der Waals surface area contributed by atoms with E-state index in [1.54, 1.807) is 6.07 Å². The van der Waals surface area contributed by atoms with Gasteiger partial charge in [0.1, 0.15) is 5.76 Å². The molecule has 0 aliphatic heterocycles. The molecule has 11 nitrogen and oxygen atoms in total. The molecule has 2 aromatic rings. The third-order valence-electron chi connectivity index (χ3n) is 4.97. The van der Waals surface area contributed by atoms with Gasteiger partial charge in [0.2, 0.25) is 12.3 Å². The summed E-state index contributed by atoms with van der Waals surface area (Å²) < 4.78 is 5.51. The molecular weight excluding hydrogens is 432 g/mol. The van der Waals surface area contributed by atoms with Crippen molar-refractivity contribution in [3.63, 3.8) is 0 Å². The second-order valence-corrected chi connectivity index (χ2v) is 7.41. The first-order valence-electron chi connectivity index (χ1n) is 10.5. The Kier molecular flexibility index (Phi) is 9.43.